The Balaban J connectivity index is 2.02. The SMILES string of the molecule is CSc1ncnc2c([C@@H]3O[C@H](COC(C)=O)[C@@H](OC(C)=O)[C@H]3OC(C)=O)[nH]nc12. The lowest BCUT2D eigenvalue weighted by Crippen LogP contribution is -2.40. The molecule has 0 unspecified atom stereocenters. The highest BCUT2D eigenvalue weighted by atomic mass is 32.2. The van der Waals surface area contributed by atoms with Crippen molar-refractivity contribution in [1.29, 1.82) is 0 Å². The first-order valence-corrected chi connectivity index (χ1v) is 9.90. The molecule has 0 saturated carbocycles. The van der Waals surface area contributed by atoms with E-state index in [9.17, 15) is 14.4 Å². The topological polar surface area (TPSA) is 143 Å². The number of H-pyrrole nitrogens is 1. The molecule has 0 amide bonds. The molecule has 11 nitrogen and oxygen atoms in total. The first-order valence-electron chi connectivity index (χ1n) is 8.68. The largest absolute Gasteiger partial charge is 0.463 e. The van der Waals surface area contributed by atoms with Crippen molar-refractivity contribution in [2.45, 2.75) is 50.2 Å². The summed E-state index contributed by atoms with van der Waals surface area (Å²) in [6.45, 7) is 3.53. The summed E-state index contributed by atoms with van der Waals surface area (Å²) in [6.07, 6.45) is -0.455. The zero-order chi connectivity index (χ0) is 21.1. The number of esters is 3. The van der Waals surface area contributed by atoms with Gasteiger partial charge in [0.15, 0.2) is 12.2 Å². The predicted molar refractivity (Wildman–Crippen MR) is 98.8 cm³/mol. The summed E-state index contributed by atoms with van der Waals surface area (Å²) in [6, 6.07) is 0. The standard InChI is InChI=1S/C17H20N4O7S/c1-7(22)25-5-10-14(26-8(2)23)16(27-9(3)24)15(28-10)12-11-13(21-20-12)17(29-4)19-6-18-11/h6,10,14-16H,5H2,1-4H3,(H,20,21)/t10-,14-,15+,16-/m1/s1. The fourth-order valence-corrected chi connectivity index (χ4v) is 3.61. The van der Waals surface area contributed by atoms with Gasteiger partial charge in [-0.05, 0) is 6.26 Å². The molecule has 0 aliphatic carbocycles. The number of aromatic nitrogens is 4. The van der Waals surface area contributed by atoms with Crippen LogP contribution in [0.2, 0.25) is 0 Å². The molecule has 1 N–H and O–H groups in total. The van der Waals surface area contributed by atoms with Gasteiger partial charge in [-0.3, -0.25) is 19.5 Å². The number of hydrogen-bond donors (Lipinski definition) is 1. The van der Waals surface area contributed by atoms with E-state index in [1.807, 2.05) is 6.26 Å². The van der Waals surface area contributed by atoms with Gasteiger partial charge in [0, 0.05) is 20.8 Å². The molecule has 0 spiro atoms. The van der Waals surface area contributed by atoms with Crippen LogP contribution in [-0.2, 0) is 33.3 Å². The molecule has 4 atom stereocenters. The molecule has 0 radical (unpaired) electrons. The summed E-state index contributed by atoms with van der Waals surface area (Å²) in [5.41, 5.74) is 1.46. The van der Waals surface area contributed by atoms with Gasteiger partial charge < -0.3 is 18.9 Å². The number of carbonyl (C=O) groups excluding carboxylic acids is 3. The van der Waals surface area contributed by atoms with Gasteiger partial charge in [-0.1, -0.05) is 0 Å². The van der Waals surface area contributed by atoms with E-state index in [2.05, 4.69) is 20.2 Å². The Morgan fingerprint density at radius 3 is 2.38 bits per heavy atom. The molecule has 3 rings (SSSR count). The molecule has 0 bridgehead atoms. The fraction of sp³-hybridized carbons (Fsp3) is 0.529. The maximum absolute atomic E-state index is 11.7. The normalized spacial score (nSPS) is 23.7. The summed E-state index contributed by atoms with van der Waals surface area (Å²) < 4.78 is 21.8. The van der Waals surface area contributed by atoms with Gasteiger partial charge in [0.25, 0.3) is 0 Å². The van der Waals surface area contributed by atoms with Gasteiger partial charge in [0.1, 0.15) is 41.2 Å². The summed E-state index contributed by atoms with van der Waals surface area (Å²) in [4.78, 5) is 43.0. The van der Waals surface area contributed by atoms with Gasteiger partial charge in [0.2, 0.25) is 0 Å². The zero-order valence-electron chi connectivity index (χ0n) is 16.2. The highest BCUT2D eigenvalue weighted by Crippen LogP contribution is 2.39. The Bertz CT molecular complexity index is 934. The van der Waals surface area contributed by atoms with Crippen LogP contribution in [0.3, 0.4) is 0 Å². The van der Waals surface area contributed by atoms with Crippen LogP contribution in [0.25, 0.3) is 11.0 Å². The number of fused-ring (bicyclic) bond motifs is 1. The smallest absolute Gasteiger partial charge is 0.303 e. The summed E-state index contributed by atoms with van der Waals surface area (Å²) in [5.74, 6) is -1.70. The second-order valence-electron chi connectivity index (χ2n) is 6.26. The van der Waals surface area contributed by atoms with Crippen LogP contribution in [0.1, 0.15) is 32.6 Å². The molecule has 1 aliphatic heterocycles. The molecular weight excluding hydrogens is 404 g/mol. The average Bonchev–Trinajstić information content (AvgIpc) is 3.21. The minimum Gasteiger partial charge on any atom is -0.463 e. The Labute approximate surface area is 169 Å². The number of thioether (sulfide) groups is 1. The molecular formula is C17H20N4O7S. The van der Waals surface area contributed by atoms with Crippen LogP contribution in [0.5, 0.6) is 0 Å². The number of nitrogens with one attached hydrogen (secondary N) is 1. The van der Waals surface area contributed by atoms with Crippen molar-refractivity contribution in [2.24, 2.45) is 0 Å². The zero-order valence-corrected chi connectivity index (χ0v) is 17.0. The molecule has 2 aromatic rings. The fourth-order valence-electron chi connectivity index (χ4n) is 3.13. The van der Waals surface area contributed by atoms with Gasteiger partial charge in [-0.15, -0.1) is 11.8 Å². The van der Waals surface area contributed by atoms with Crippen molar-refractivity contribution in [3.63, 3.8) is 0 Å². The lowest BCUT2D eigenvalue weighted by Gasteiger charge is -2.23. The molecule has 12 heteroatoms. The van der Waals surface area contributed by atoms with Crippen molar-refractivity contribution >= 4 is 40.7 Å². The third-order valence-electron chi connectivity index (χ3n) is 4.17. The number of carbonyl (C=O) groups is 3. The van der Waals surface area contributed by atoms with E-state index in [1.54, 1.807) is 0 Å². The molecule has 3 heterocycles. The first kappa shape index (κ1) is 21.0. The number of nitrogens with zero attached hydrogens (tertiary/aromatic N) is 3. The number of ether oxygens (including phenoxy) is 4. The van der Waals surface area contributed by atoms with Crippen LogP contribution < -0.4 is 0 Å². The van der Waals surface area contributed by atoms with Gasteiger partial charge >= 0.3 is 17.9 Å². The number of aromatic amines is 1. The molecule has 1 fully saturated rings. The summed E-state index contributed by atoms with van der Waals surface area (Å²) in [7, 11) is 0. The Hall–Kier alpha value is -2.73. The van der Waals surface area contributed by atoms with Crippen LogP contribution in [0.4, 0.5) is 0 Å². The molecule has 156 valence electrons. The minimum atomic E-state index is -0.992. The van der Waals surface area contributed by atoms with E-state index in [0.717, 1.165) is 0 Å². The van der Waals surface area contributed by atoms with Gasteiger partial charge in [0.05, 0.1) is 5.69 Å². The summed E-state index contributed by atoms with van der Waals surface area (Å²) in [5, 5.41) is 7.77. The molecule has 2 aromatic heterocycles. The van der Waals surface area contributed by atoms with Gasteiger partial charge in [-0.2, -0.15) is 5.10 Å². The van der Waals surface area contributed by atoms with E-state index in [1.165, 1.54) is 38.9 Å². The maximum Gasteiger partial charge on any atom is 0.303 e. The monoisotopic (exact) mass is 424 g/mol. The number of hydrogen-bond acceptors (Lipinski definition) is 11. The van der Waals surface area contributed by atoms with Crippen molar-refractivity contribution in [3.8, 4) is 0 Å². The van der Waals surface area contributed by atoms with E-state index < -0.39 is 42.3 Å². The third-order valence-corrected chi connectivity index (χ3v) is 4.86. The van der Waals surface area contributed by atoms with Crippen molar-refractivity contribution in [2.75, 3.05) is 12.9 Å². The Morgan fingerprint density at radius 1 is 1.07 bits per heavy atom. The number of rotatable bonds is 6. The Kier molecular flexibility index (Phi) is 6.33. The van der Waals surface area contributed by atoms with E-state index in [4.69, 9.17) is 18.9 Å². The minimum absolute atomic E-state index is 0.182. The predicted octanol–water partition coefficient (Wildman–Crippen LogP) is 0.941. The van der Waals surface area contributed by atoms with Crippen LogP contribution >= 0.6 is 11.8 Å². The quantitative estimate of drug-likeness (QED) is 0.306. The van der Waals surface area contributed by atoms with Gasteiger partial charge in [-0.25, -0.2) is 9.97 Å². The average molecular weight is 424 g/mol. The second kappa shape index (κ2) is 8.74. The third kappa shape index (κ3) is 4.48. The highest BCUT2D eigenvalue weighted by molar-refractivity contribution is 7.98. The molecule has 29 heavy (non-hydrogen) atoms. The lowest BCUT2D eigenvalue weighted by atomic mass is 10.0. The highest BCUT2D eigenvalue weighted by Gasteiger charge is 2.51. The lowest BCUT2D eigenvalue weighted by molar-refractivity contribution is -0.165. The van der Waals surface area contributed by atoms with Crippen LogP contribution in [0.15, 0.2) is 11.4 Å². The van der Waals surface area contributed by atoms with Crippen molar-refractivity contribution in [1.82, 2.24) is 20.2 Å². The molecule has 1 saturated heterocycles. The summed E-state index contributed by atoms with van der Waals surface area (Å²) >= 11 is 1.40. The van der Waals surface area contributed by atoms with Crippen molar-refractivity contribution < 1.29 is 33.3 Å². The second-order valence-corrected chi connectivity index (χ2v) is 7.06. The Morgan fingerprint density at radius 2 is 1.76 bits per heavy atom. The molecule has 1 aliphatic rings. The molecule has 0 aromatic carbocycles. The van der Waals surface area contributed by atoms with Crippen molar-refractivity contribution in [3.05, 3.63) is 12.0 Å². The van der Waals surface area contributed by atoms with Crippen LogP contribution in [-0.4, -0.2) is 69.2 Å². The van der Waals surface area contributed by atoms with E-state index >= 15 is 0 Å². The first-order chi connectivity index (χ1) is 13.8. The van der Waals surface area contributed by atoms with Crippen LogP contribution in [0, 0.1) is 0 Å². The van der Waals surface area contributed by atoms with E-state index in [-0.39, 0.29) is 6.61 Å². The maximum atomic E-state index is 11.7. The van der Waals surface area contributed by atoms with E-state index in [0.29, 0.717) is 21.8 Å².